The highest BCUT2D eigenvalue weighted by atomic mass is 32.2. The molecule has 0 saturated heterocycles. The Balaban J connectivity index is 1.87. The number of hydrogen-bond acceptors (Lipinski definition) is 4. The van der Waals surface area contributed by atoms with Crippen LogP contribution in [0.3, 0.4) is 0 Å². The van der Waals surface area contributed by atoms with Gasteiger partial charge in [-0.1, -0.05) is 36.4 Å². The molecule has 4 nitrogen and oxygen atoms in total. The highest BCUT2D eigenvalue weighted by Crippen LogP contribution is 2.31. The molecule has 1 heterocycles. The SMILES string of the molecule is Cc1ccccc1-n1cnnc1S[C@H]1CCCCC1=O. The second-order valence-corrected chi connectivity index (χ2v) is 6.26. The van der Waals surface area contributed by atoms with Crippen molar-refractivity contribution in [3.63, 3.8) is 0 Å². The third kappa shape index (κ3) is 2.63. The van der Waals surface area contributed by atoms with Crippen LogP contribution in [-0.4, -0.2) is 25.8 Å². The molecule has 0 N–H and O–H groups in total. The van der Waals surface area contributed by atoms with E-state index in [1.807, 2.05) is 22.8 Å². The first-order valence-electron chi connectivity index (χ1n) is 6.91. The quantitative estimate of drug-likeness (QED) is 0.870. The fourth-order valence-electron chi connectivity index (χ4n) is 2.51. The van der Waals surface area contributed by atoms with Crippen molar-refractivity contribution in [1.29, 1.82) is 0 Å². The monoisotopic (exact) mass is 287 g/mol. The van der Waals surface area contributed by atoms with Crippen molar-refractivity contribution in [3.05, 3.63) is 36.2 Å². The summed E-state index contributed by atoms with van der Waals surface area (Å²) in [5.41, 5.74) is 2.24. The number of aromatic nitrogens is 3. The topological polar surface area (TPSA) is 47.8 Å². The fourth-order valence-corrected chi connectivity index (χ4v) is 3.65. The van der Waals surface area contributed by atoms with Crippen LogP contribution in [0.2, 0.25) is 0 Å². The molecule has 0 radical (unpaired) electrons. The normalized spacial score (nSPS) is 19.2. The summed E-state index contributed by atoms with van der Waals surface area (Å²) in [5, 5.41) is 9.04. The number of aryl methyl sites for hydroxylation is 1. The minimum atomic E-state index is 0.0377. The molecule has 5 heteroatoms. The molecule has 0 spiro atoms. The van der Waals surface area contributed by atoms with Gasteiger partial charge in [0.15, 0.2) is 5.16 Å². The maximum Gasteiger partial charge on any atom is 0.196 e. The zero-order chi connectivity index (χ0) is 13.9. The van der Waals surface area contributed by atoms with Gasteiger partial charge in [0.2, 0.25) is 0 Å². The van der Waals surface area contributed by atoms with Crippen LogP contribution < -0.4 is 0 Å². The maximum absolute atomic E-state index is 12.0. The summed E-state index contributed by atoms with van der Waals surface area (Å²) < 4.78 is 1.97. The molecule has 104 valence electrons. The van der Waals surface area contributed by atoms with Gasteiger partial charge in [0.25, 0.3) is 0 Å². The molecule has 1 saturated carbocycles. The first-order valence-corrected chi connectivity index (χ1v) is 7.79. The summed E-state index contributed by atoms with van der Waals surface area (Å²) in [4.78, 5) is 12.0. The molecule has 1 atom stereocenters. The lowest BCUT2D eigenvalue weighted by molar-refractivity contribution is -0.119. The Morgan fingerprint density at radius 3 is 2.95 bits per heavy atom. The van der Waals surface area contributed by atoms with Crippen molar-refractivity contribution < 1.29 is 4.79 Å². The molecular formula is C15H17N3OS. The average Bonchev–Trinajstić information content (AvgIpc) is 2.90. The summed E-state index contributed by atoms with van der Waals surface area (Å²) >= 11 is 1.55. The van der Waals surface area contributed by atoms with E-state index in [9.17, 15) is 4.79 Å². The zero-order valence-corrected chi connectivity index (χ0v) is 12.3. The summed E-state index contributed by atoms with van der Waals surface area (Å²) in [6.45, 7) is 2.07. The van der Waals surface area contributed by atoms with E-state index in [1.54, 1.807) is 18.1 Å². The van der Waals surface area contributed by atoms with E-state index >= 15 is 0 Å². The van der Waals surface area contributed by atoms with Crippen molar-refractivity contribution in [2.75, 3.05) is 0 Å². The van der Waals surface area contributed by atoms with Gasteiger partial charge in [0.1, 0.15) is 12.1 Å². The van der Waals surface area contributed by atoms with E-state index in [0.717, 1.165) is 30.1 Å². The number of para-hydroxylation sites is 1. The van der Waals surface area contributed by atoms with Gasteiger partial charge in [-0.25, -0.2) is 0 Å². The van der Waals surface area contributed by atoms with E-state index < -0.39 is 0 Å². The van der Waals surface area contributed by atoms with Gasteiger partial charge in [-0.3, -0.25) is 9.36 Å². The molecule has 0 unspecified atom stereocenters. The lowest BCUT2D eigenvalue weighted by atomic mass is 9.99. The second kappa shape index (κ2) is 5.79. The van der Waals surface area contributed by atoms with Gasteiger partial charge >= 0.3 is 0 Å². The Hall–Kier alpha value is -1.62. The van der Waals surface area contributed by atoms with Crippen LogP contribution >= 0.6 is 11.8 Å². The van der Waals surface area contributed by atoms with Gasteiger partial charge < -0.3 is 0 Å². The van der Waals surface area contributed by atoms with Gasteiger partial charge in [0, 0.05) is 6.42 Å². The lowest BCUT2D eigenvalue weighted by Gasteiger charge is -2.19. The first kappa shape index (κ1) is 13.4. The van der Waals surface area contributed by atoms with Crippen LogP contribution in [-0.2, 0) is 4.79 Å². The Bertz CT molecular complexity index is 623. The van der Waals surface area contributed by atoms with Crippen molar-refractivity contribution in [3.8, 4) is 5.69 Å². The molecule has 1 aromatic carbocycles. The predicted molar refractivity (Wildman–Crippen MR) is 79.2 cm³/mol. The van der Waals surface area contributed by atoms with Gasteiger partial charge in [0.05, 0.1) is 10.9 Å². The number of nitrogens with zero attached hydrogens (tertiary/aromatic N) is 3. The third-order valence-electron chi connectivity index (χ3n) is 3.64. The Morgan fingerprint density at radius 2 is 2.15 bits per heavy atom. The molecule has 1 aliphatic carbocycles. The van der Waals surface area contributed by atoms with Crippen LogP contribution in [0.4, 0.5) is 0 Å². The summed E-state index contributed by atoms with van der Waals surface area (Å²) in [6.07, 6.45) is 5.53. The molecule has 20 heavy (non-hydrogen) atoms. The molecule has 0 bridgehead atoms. The summed E-state index contributed by atoms with van der Waals surface area (Å²) in [6, 6.07) is 8.13. The molecule has 1 aliphatic rings. The van der Waals surface area contributed by atoms with Gasteiger partial charge in [-0.15, -0.1) is 10.2 Å². The van der Waals surface area contributed by atoms with Crippen molar-refractivity contribution in [2.45, 2.75) is 43.0 Å². The minimum absolute atomic E-state index is 0.0377. The van der Waals surface area contributed by atoms with Crippen molar-refractivity contribution in [2.24, 2.45) is 0 Å². The van der Waals surface area contributed by atoms with Crippen LogP contribution in [0.5, 0.6) is 0 Å². The highest BCUT2D eigenvalue weighted by Gasteiger charge is 2.25. The number of ketones is 1. The molecule has 0 aliphatic heterocycles. The van der Waals surface area contributed by atoms with Crippen LogP contribution in [0, 0.1) is 6.92 Å². The Morgan fingerprint density at radius 1 is 1.30 bits per heavy atom. The minimum Gasteiger partial charge on any atom is -0.298 e. The number of carbonyl (C=O) groups is 1. The average molecular weight is 287 g/mol. The van der Waals surface area contributed by atoms with E-state index in [-0.39, 0.29) is 5.25 Å². The molecule has 1 aromatic heterocycles. The Labute approximate surface area is 122 Å². The number of thioether (sulfide) groups is 1. The number of Topliss-reactive ketones (excluding diaryl/α,β-unsaturated/α-hetero) is 1. The van der Waals surface area contributed by atoms with Crippen molar-refractivity contribution >= 4 is 17.5 Å². The number of rotatable bonds is 3. The highest BCUT2D eigenvalue weighted by molar-refractivity contribution is 8.00. The fraction of sp³-hybridized carbons (Fsp3) is 0.400. The van der Waals surface area contributed by atoms with E-state index in [4.69, 9.17) is 0 Å². The molecule has 0 amide bonds. The summed E-state index contributed by atoms with van der Waals surface area (Å²) in [5.74, 6) is 0.348. The molecule has 3 rings (SSSR count). The number of hydrogen-bond donors (Lipinski definition) is 0. The van der Waals surface area contributed by atoms with Gasteiger partial charge in [-0.05, 0) is 31.4 Å². The van der Waals surface area contributed by atoms with E-state index in [0.29, 0.717) is 12.2 Å². The second-order valence-electron chi connectivity index (χ2n) is 5.09. The number of carbonyl (C=O) groups excluding carboxylic acids is 1. The third-order valence-corrected chi connectivity index (χ3v) is 4.91. The lowest BCUT2D eigenvalue weighted by Crippen LogP contribution is -2.21. The van der Waals surface area contributed by atoms with E-state index in [1.165, 1.54) is 5.56 Å². The Kier molecular flexibility index (Phi) is 3.87. The standard InChI is InChI=1S/C15H17N3OS/c1-11-6-2-3-7-12(11)18-10-16-17-15(18)20-14-9-5-4-8-13(14)19/h2-3,6-7,10,14H,4-5,8-9H2,1H3/t14-/m0/s1. The molecule has 2 aromatic rings. The first-order chi connectivity index (χ1) is 9.75. The van der Waals surface area contributed by atoms with Crippen LogP contribution in [0.15, 0.2) is 35.7 Å². The van der Waals surface area contributed by atoms with E-state index in [2.05, 4.69) is 23.2 Å². The smallest absolute Gasteiger partial charge is 0.196 e. The van der Waals surface area contributed by atoms with Crippen LogP contribution in [0.25, 0.3) is 5.69 Å². The summed E-state index contributed by atoms with van der Waals surface area (Å²) in [7, 11) is 0. The number of benzene rings is 1. The van der Waals surface area contributed by atoms with Gasteiger partial charge in [-0.2, -0.15) is 0 Å². The predicted octanol–water partition coefficient (Wildman–Crippen LogP) is 3.18. The van der Waals surface area contributed by atoms with Crippen molar-refractivity contribution in [1.82, 2.24) is 14.8 Å². The zero-order valence-electron chi connectivity index (χ0n) is 11.5. The molecular weight excluding hydrogens is 270 g/mol. The molecule has 1 fully saturated rings. The largest absolute Gasteiger partial charge is 0.298 e. The van der Waals surface area contributed by atoms with Crippen LogP contribution in [0.1, 0.15) is 31.2 Å². The maximum atomic E-state index is 12.0.